The lowest BCUT2D eigenvalue weighted by Crippen LogP contribution is -2.54. The van der Waals surface area contributed by atoms with Gasteiger partial charge >= 0.3 is 0 Å². The van der Waals surface area contributed by atoms with Gasteiger partial charge in [-0.15, -0.1) is 11.3 Å². The summed E-state index contributed by atoms with van der Waals surface area (Å²) in [6.07, 6.45) is 1.56. The maximum atomic E-state index is 13.3. The molecule has 0 bridgehead atoms. The maximum Gasteiger partial charge on any atom is 0.279 e. The topological polar surface area (TPSA) is 75.0 Å². The molecule has 0 saturated carbocycles. The van der Waals surface area contributed by atoms with Gasteiger partial charge in [0, 0.05) is 42.9 Å². The quantitative estimate of drug-likeness (QED) is 0.652. The second-order valence-electron chi connectivity index (χ2n) is 7.13. The van der Waals surface area contributed by atoms with Crippen molar-refractivity contribution in [1.29, 1.82) is 0 Å². The molecule has 7 nitrogen and oxygen atoms in total. The summed E-state index contributed by atoms with van der Waals surface area (Å²) in [5.74, 6) is 0. The second kappa shape index (κ2) is 6.98. The fourth-order valence-electron chi connectivity index (χ4n) is 3.72. The SMILES string of the molecule is Cc1cccc(N2CCN(S(=O)(=O)c3c(C)nc4sccn4c3=O)CC2C)c1. The molecule has 2 aromatic heterocycles. The summed E-state index contributed by atoms with van der Waals surface area (Å²) >= 11 is 1.31. The van der Waals surface area contributed by atoms with Gasteiger partial charge in [0.15, 0.2) is 9.86 Å². The standard InChI is InChI=1S/C19H22N4O3S2/c1-13-5-4-6-16(11-13)22-8-7-21(12-14(22)2)28(25,26)17-15(3)20-19-23(18(17)24)9-10-27-19/h4-6,9-11,14H,7-8,12H2,1-3H3. The second-order valence-corrected chi connectivity index (χ2v) is 9.88. The van der Waals surface area contributed by atoms with E-state index in [4.69, 9.17) is 0 Å². The number of hydrogen-bond donors (Lipinski definition) is 0. The molecular weight excluding hydrogens is 396 g/mol. The Morgan fingerprint density at radius 3 is 2.71 bits per heavy atom. The lowest BCUT2D eigenvalue weighted by Gasteiger charge is -2.40. The van der Waals surface area contributed by atoms with Crippen LogP contribution in [-0.4, -0.2) is 47.8 Å². The van der Waals surface area contributed by atoms with Crippen LogP contribution in [-0.2, 0) is 10.0 Å². The van der Waals surface area contributed by atoms with Crippen molar-refractivity contribution in [2.24, 2.45) is 0 Å². The van der Waals surface area contributed by atoms with Crippen LogP contribution in [0.1, 0.15) is 18.2 Å². The van der Waals surface area contributed by atoms with E-state index in [9.17, 15) is 13.2 Å². The lowest BCUT2D eigenvalue weighted by atomic mass is 10.1. The summed E-state index contributed by atoms with van der Waals surface area (Å²) < 4.78 is 29.3. The first-order valence-electron chi connectivity index (χ1n) is 9.09. The van der Waals surface area contributed by atoms with E-state index in [1.54, 1.807) is 18.5 Å². The van der Waals surface area contributed by atoms with E-state index < -0.39 is 15.6 Å². The highest BCUT2D eigenvalue weighted by atomic mass is 32.2. The Bertz CT molecular complexity index is 1200. The minimum atomic E-state index is -3.92. The number of hydrogen-bond acceptors (Lipinski definition) is 6. The summed E-state index contributed by atoms with van der Waals surface area (Å²) in [5, 5.41) is 1.72. The Hall–Kier alpha value is -2.23. The maximum absolute atomic E-state index is 13.3. The van der Waals surface area contributed by atoms with Gasteiger partial charge in [-0.1, -0.05) is 12.1 Å². The van der Waals surface area contributed by atoms with E-state index in [1.807, 2.05) is 32.0 Å². The minimum absolute atomic E-state index is 0.00813. The third-order valence-corrected chi connectivity index (χ3v) is 7.87. The number of aryl methyl sites for hydroxylation is 2. The van der Waals surface area contributed by atoms with Crippen molar-refractivity contribution in [2.75, 3.05) is 24.5 Å². The third-order valence-electron chi connectivity index (χ3n) is 5.12. The molecule has 0 N–H and O–H groups in total. The van der Waals surface area contributed by atoms with Gasteiger partial charge in [0.1, 0.15) is 0 Å². The van der Waals surface area contributed by atoms with Crippen LogP contribution in [0.3, 0.4) is 0 Å². The zero-order valence-corrected chi connectivity index (χ0v) is 17.6. The summed E-state index contributed by atoms with van der Waals surface area (Å²) in [5.41, 5.74) is 1.97. The van der Waals surface area contributed by atoms with Crippen molar-refractivity contribution in [3.05, 3.63) is 57.5 Å². The summed E-state index contributed by atoms with van der Waals surface area (Å²) in [6, 6.07) is 8.18. The lowest BCUT2D eigenvalue weighted by molar-refractivity contribution is 0.342. The van der Waals surface area contributed by atoms with E-state index in [0.29, 0.717) is 24.6 Å². The Labute approximate surface area is 167 Å². The van der Waals surface area contributed by atoms with Crippen LogP contribution in [0.5, 0.6) is 0 Å². The van der Waals surface area contributed by atoms with Crippen LogP contribution < -0.4 is 10.5 Å². The normalized spacial score (nSPS) is 18.7. The molecular formula is C19H22N4O3S2. The van der Waals surface area contributed by atoms with Gasteiger partial charge in [-0.2, -0.15) is 4.31 Å². The number of benzene rings is 1. The number of nitrogens with zero attached hydrogens (tertiary/aromatic N) is 4. The fourth-order valence-corrected chi connectivity index (χ4v) is 6.21. The Morgan fingerprint density at radius 1 is 1.21 bits per heavy atom. The number of rotatable bonds is 3. The highest BCUT2D eigenvalue weighted by Crippen LogP contribution is 2.25. The van der Waals surface area contributed by atoms with Crippen LogP contribution in [0, 0.1) is 13.8 Å². The van der Waals surface area contributed by atoms with Gasteiger partial charge in [-0.25, -0.2) is 13.4 Å². The monoisotopic (exact) mass is 418 g/mol. The average molecular weight is 419 g/mol. The largest absolute Gasteiger partial charge is 0.366 e. The molecule has 3 heterocycles. The van der Waals surface area contributed by atoms with Gasteiger partial charge in [0.25, 0.3) is 15.6 Å². The van der Waals surface area contributed by atoms with Crippen molar-refractivity contribution in [3.63, 3.8) is 0 Å². The highest BCUT2D eigenvalue weighted by Gasteiger charge is 2.35. The third kappa shape index (κ3) is 3.13. The number of fused-ring (bicyclic) bond motifs is 1. The number of piperazine rings is 1. The van der Waals surface area contributed by atoms with E-state index in [0.717, 1.165) is 5.69 Å². The zero-order valence-electron chi connectivity index (χ0n) is 16.0. The fraction of sp³-hybridized carbons (Fsp3) is 0.368. The van der Waals surface area contributed by atoms with E-state index in [2.05, 4.69) is 16.0 Å². The molecule has 1 unspecified atom stereocenters. The molecule has 0 amide bonds. The molecule has 1 aliphatic heterocycles. The Balaban J connectivity index is 1.66. The Morgan fingerprint density at radius 2 is 2.00 bits per heavy atom. The van der Waals surface area contributed by atoms with Crippen molar-refractivity contribution in [2.45, 2.75) is 31.7 Å². The van der Waals surface area contributed by atoms with E-state index in [-0.39, 0.29) is 16.6 Å². The first-order chi connectivity index (χ1) is 13.3. The molecule has 28 heavy (non-hydrogen) atoms. The molecule has 1 fully saturated rings. The predicted molar refractivity (Wildman–Crippen MR) is 111 cm³/mol. The Kier molecular flexibility index (Phi) is 4.76. The van der Waals surface area contributed by atoms with Gasteiger partial charge in [0.05, 0.1) is 5.69 Å². The van der Waals surface area contributed by atoms with Gasteiger partial charge < -0.3 is 4.90 Å². The average Bonchev–Trinajstić information content (AvgIpc) is 3.10. The smallest absolute Gasteiger partial charge is 0.279 e. The number of anilines is 1. The first-order valence-corrected chi connectivity index (χ1v) is 11.4. The molecule has 0 aliphatic carbocycles. The molecule has 1 aromatic carbocycles. The van der Waals surface area contributed by atoms with Crippen LogP contribution in [0.25, 0.3) is 4.96 Å². The number of sulfonamides is 1. The molecule has 1 atom stereocenters. The summed E-state index contributed by atoms with van der Waals surface area (Å²) in [6.45, 7) is 6.84. The molecule has 1 aliphatic rings. The zero-order chi connectivity index (χ0) is 20.1. The minimum Gasteiger partial charge on any atom is -0.366 e. The molecule has 1 saturated heterocycles. The molecule has 0 spiro atoms. The first kappa shape index (κ1) is 19.1. The highest BCUT2D eigenvalue weighted by molar-refractivity contribution is 7.89. The van der Waals surface area contributed by atoms with Crippen molar-refractivity contribution < 1.29 is 8.42 Å². The van der Waals surface area contributed by atoms with Gasteiger partial charge in [-0.05, 0) is 38.5 Å². The van der Waals surface area contributed by atoms with E-state index in [1.165, 1.54) is 25.6 Å². The molecule has 9 heteroatoms. The number of thiazole rings is 1. The van der Waals surface area contributed by atoms with Crippen molar-refractivity contribution in [1.82, 2.24) is 13.7 Å². The molecule has 4 rings (SSSR count). The molecule has 0 radical (unpaired) electrons. The van der Waals surface area contributed by atoms with Gasteiger partial charge in [-0.3, -0.25) is 9.20 Å². The molecule has 148 valence electrons. The van der Waals surface area contributed by atoms with E-state index >= 15 is 0 Å². The van der Waals surface area contributed by atoms with Crippen LogP contribution in [0.4, 0.5) is 5.69 Å². The van der Waals surface area contributed by atoms with Crippen molar-refractivity contribution >= 4 is 32.0 Å². The molecule has 3 aromatic rings. The number of aromatic nitrogens is 2. The summed E-state index contributed by atoms with van der Waals surface area (Å²) in [4.78, 5) is 19.6. The van der Waals surface area contributed by atoms with Gasteiger partial charge in [0.2, 0.25) is 0 Å². The predicted octanol–water partition coefficient (Wildman–Crippen LogP) is 2.27. The van der Waals surface area contributed by atoms with Crippen LogP contribution in [0.2, 0.25) is 0 Å². The van der Waals surface area contributed by atoms with Crippen molar-refractivity contribution in [3.8, 4) is 0 Å². The summed E-state index contributed by atoms with van der Waals surface area (Å²) in [7, 11) is -3.92. The van der Waals surface area contributed by atoms with Crippen LogP contribution >= 0.6 is 11.3 Å². The van der Waals surface area contributed by atoms with Crippen LogP contribution in [0.15, 0.2) is 45.5 Å².